The zero-order valence-electron chi connectivity index (χ0n) is 15.5. The van der Waals surface area contributed by atoms with E-state index in [2.05, 4.69) is 20.8 Å². The number of benzene rings is 1. The van der Waals surface area contributed by atoms with Crippen LogP contribution in [0.2, 0.25) is 0 Å². The Bertz CT molecular complexity index is 528. The smallest absolute Gasteiger partial charge is 0.115 e. The molecule has 0 aromatic heterocycles. The van der Waals surface area contributed by atoms with Gasteiger partial charge in [0.15, 0.2) is 0 Å². The zero-order valence-corrected chi connectivity index (χ0v) is 15.5. The van der Waals surface area contributed by atoms with Gasteiger partial charge >= 0.3 is 0 Å². The van der Waals surface area contributed by atoms with Crippen LogP contribution in [0.15, 0.2) is 18.2 Å². The van der Waals surface area contributed by atoms with Crippen molar-refractivity contribution in [2.75, 3.05) is 13.7 Å². The predicted octanol–water partition coefficient (Wildman–Crippen LogP) is 3.53. The summed E-state index contributed by atoms with van der Waals surface area (Å²) in [5, 5.41) is 9.95. The molecular formula is C20H33NO3. The number of fused-ring (bicyclic) bond motifs is 1. The number of methoxy groups -OCH3 is 1. The van der Waals surface area contributed by atoms with Crippen LogP contribution in [0.25, 0.3) is 0 Å². The van der Waals surface area contributed by atoms with Gasteiger partial charge in [0, 0.05) is 31.6 Å². The number of hydrogen-bond acceptors (Lipinski definition) is 4. The van der Waals surface area contributed by atoms with Crippen LogP contribution in [-0.4, -0.2) is 37.1 Å². The van der Waals surface area contributed by atoms with E-state index in [-0.39, 0.29) is 23.7 Å². The second-order valence-corrected chi connectivity index (χ2v) is 7.05. The van der Waals surface area contributed by atoms with Gasteiger partial charge in [-0.3, -0.25) is 0 Å². The molecular weight excluding hydrogens is 302 g/mol. The summed E-state index contributed by atoms with van der Waals surface area (Å²) >= 11 is 0. The van der Waals surface area contributed by atoms with E-state index in [1.54, 1.807) is 13.2 Å². The monoisotopic (exact) mass is 335 g/mol. The first kappa shape index (κ1) is 19.2. The molecule has 3 atom stereocenters. The molecule has 0 radical (unpaired) electrons. The second kappa shape index (κ2) is 8.32. The Morgan fingerprint density at radius 3 is 2.67 bits per heavy atom. The van der Waals surface area contributed by atoms with Crippen molar-refractivity contribution >= 4 is 0 Å². The van der Waals surface area contributed by atoms with Crippen LogP contribution in [0.3, 0.4) is 0 Å². The number of ether oxygens (including phenoxy) is 2. The lowest BCUT2D eigenvalue weighted by atomic mass is 9.63. The molecule has 1 aliphatic rings. The van der Waals surface area contributed by atoms with Gasteiger partial charge in [-0.2, -0.15) is 0 Å². The summed E-state index contributed by atoms with van der Waals surface area (Å²) in [7, 11) is 1.73. The number of phenolic OH excluding ortho intramolecular Hbond substituents is 1. The number of rotatable bonds is 8. The van der Waals surface area contributed by atoms with E-state index in [0.717, 1.165) is 38.7 Å². The fraction of sp³-hybridized carbons (Fsp3) is 0.700. The number of hydrogen-bond donors (Lipinski definition) is 2. The normalized spacial score (nSPS) is 23.7. The summed E-state index contributed by atoms with van der Waals surface area (Å²) in [5.41, 5.74) is 9.04. The SMILES string of the molecule is CCC1(CC)c2cc(O)ccc2CC(OC(C)CCCOC)C1N. The van der Waals surface area contributed by atoms with Crippen LogP contribution in [0, 0.1) is 0 Å². The first-order valence-corrected chi connectivity index (χ1v) is 9.20. The largest absolute Gasteiger partial charge is 0.508 e. The van der Waals surface area contributed by atoms with E-state index < -0.39 is 0 Å². The summed E-state index contributed by atoms with van der Waals surface area (Å²) in [6, 6.07) is 5.64. The molecule has 0 saturated carbocycles. The third kappa shape index (κ3) is 3.76. The Kier molecular flexibility index (Phi) is 6.67. The lowest BCUT2D eigenvalue weighted by Crippen LogP contribution is -2.57. The highest BCUT2D eigenvalue weighted by Crippen LogP contribution is 2.44. The molecule has 0 spiro atoms. The van der Waals surface area contributed by atoms with Gasteiger partial charge in [0.05, 0.1) is 12.2 Å². The Morgan fingerprint density at radius 1 is 1.33 bits per heavy atom. The van der Waals surface area contributed by atoms with Gasteiger partial charge in [0.25, 0.3) is 0 Å². The van der Waals surface area contributed by atoms with E-state index in [9.17, 15) is 5.11 Å². The van der Waals surface area contributed by atoms with Crippen molar-refractivity contribution in [3.8, 4) is 5.75 Å². The fourth-order valence-electron chi connectivity index (χ4n) is 4.20. The second-order valence-electron chi connectivity index (χ2n) is 7.05. The summed E-state index contributed by atoms with van der Waals surface area (Å²) in [4.78, 5) is 0. The Balaban J connectivity index is 2.22. The molecule has 136 valence electrons. The highest BCUT2D eigenvalue weighted by molar-refractivity contribution is 5.44. The van der Waals surface area contributed by atoms with Crippen molar-refractivity contribution in [3.63, 3.8) is 0 Å². The number of nitrogens with two attached hydrogens (primary N) is 1. The van der Waals surface area contributed by atoms with Crippen LogP contribution >= 0.6 is 0 Å². The number of phenols is 1. The minimum Gasteiger partial charge on any atom is -0.508 e. The standard InChI is InChI=1S/C20H33NO3/c1-5-20(6-2)17-13-16(22)10-9-15(17)12-18(19(20)21)24-14(3)8-7-11-23-4/h9-10,13-14,18-19,22H,5-8,11-12,21H2,1-4H3. The molecule has 4 nitrogen and oxygen atoms in total. The maximum Gasteiger partial charge on any atom is 0.115 e. The first-order valence-electron chi connectivity index (χ1n) is 9.20. The van der Waals surface area contributed by atoms with E-state index in [4.69, 9.17) is 15.2 Å². The minimum atomic E-state index is -0.136. The molecule has 0 saturated heterocycles. The van der Waals surface area contributed by atoms with Gasteiger partial charge in [0.1, 0.15) is 5.75 Å². The van der Waals surface area contributed by atoms with Crippen molar-refractivity contribution in [1.82, 2.24) is 0 Å². The van der Waals surface area contributed by atoms with Crippen molar-refractivity contribution in [2.45, 2.75) is 76.5 Å². The maximum absolute atomic E-state index is 9.95. The summed E-state index contributed by atoms with van der Waals surface area (Å²) in [6.45, 7) is 7.25. The molecule has 4 heteroatoms. The molecule has 1 aliphatic carbocycles. The zero-order chi connectivity index (χ0) is 17.7. The van der Waals surface area contributed by atoms with Crippen LogP contribution in [-0.2, 0) is 21.3 Å². The van der Waals surface area contributed by atoms with E-state index >= 15 is 0 Å². The van der Waals surface area contributed by atoms with Crippen LogP contribution in [0.5, 0.6) is 5.75 Å². The van der Waals surface area contributed by atoms with Crippen molar-refractivity contribution in [1.29, 1.82) is 0 Å². The lowest BCUT2D eigenvalue weighted by molar-refractivity contribution is -0.0429. The third-order valence-electron chi connectivity index (χ3n) is 5.72. The molecule has 0 aliphatic heterocycles. The molecule has 3 N–H and O–H groups in total. The van der Waals surface area contributed by atoms with Gasteiger partial charge < -0.3 is 20.3 Å². The molecule has 0 heterocycles. The van der Waals surface area contributed by atoms with Crippen LogP contribution in [0.1, 0.15) is 57.6 Å². The van der Waals surface area contributed by atoms with E-state index in [1.807, 2.05) is 12.1 Å². The van der Waals surface area contributed by atoms with Crippen molar-refractivity contribution in [2.24, 2.45) is 5.73 Å². The molecule has 1 aromatic rings. The predicted molar refractivity (Wildman–Crippen MR) is 97.5 cm³/mol. The van der Waals surface area contributed by atoms with E-state index in [0.29, 0.717) is 5.75 Å². The van der Waals surface area contributed by atoms with Gasteiger partial charge in [0.2, 0.25) is 0 Å². The Morgan fingerprint density at radius 2 is 2.04 bits per heavy atom. The van der Waals surface area contributed by atoms with Gasteiger partial charge in [-0.15, -0.1) is 0 Å². The summed E-state index contributed by atoms with van der Waals surface area (Å²) in [6.07, 6.45) is 4.85. The average molecular weight is 335 g/mol. The molecule has 1 aromatic carbocycles. The quantitative estimate of drug-likeness (QED) is 0.713. The highest BCUT2D eigenvalue weighted by Gasteiger charge is 2.45. The lowest BCUT2D eigenvalue weighted by Gasteiger charge is -2.47. The maximum atomic E-state index is 9.95. The van der Waals surface area contributed by atoms with Gasteiger partial charge in [-0.05, 0) is 55.9 Å². The van der Waals surface area contributed by atoms with E-state index in [1.165, 1.54) is 11.1 Å². The summed E-state index contributed by atoms with van der Waals surface area (Å²) < 4.78 is 11.5. The molecule has 0 amide bonds. The molecule has 2 rings (SSSR count). The fourth-order valence-corrected chi connectivity index (χ4v) is 4.20. The highest BCUT2D eigenvalue weighted by atomic mass is 16.5. The van der Waals surface area contributed by atoms with Crippen LogP contribution < -0.4 is 5.73 Å². The first-order chi connectivity index (χ1) is 11.5. The topological polar surface area (TPSA) is 64.7 Å². The Hall–Kier alpha value is -1.10. The molecule has 0 fully saturated rings. The minimum absolute atomic E-state index is 0.0134. The molecule has 3 unspecified atom stereocenters. The average Bonchev–Trinajstić information content (AvgIpc) is 2.57. The number of aromatic hydroxyl groups is 1. The van der Waals surface area contributed by atoms with Gasteiger partial charge in [-0.1, -0.05) is 19.9 Å². The molecule has 0 bridgehead atoms. The third-order valence-corrected chi connectivity index (χ3v) is 5.72. The van der Waals surface area contributed by atoms with Gasteiger partial charge in [-0.25, -0.2) is 0 Å². The Labute approximate surface area is 146 Å². The summed E-state index contributed by atoms with van der Waals surface area (Å²) in [5.74, 6) is 0.319. The van der Waals surface area contributed by atoms with Crippen molar-refractivity contribution in [3.05, 3.63) is 29.3 Å². The van der Waals surface area contributed by atoms with Crippen molar-refractivity contribution < 1.29 is 14.6 Å². The van der Waals surface area contributed by atoms with Crippen LogP contribution in [0.4, 0.5) is 0 Å². The molecule has 24 heavy (non-hydrogen) atoms.